The average Bonchev–Trinajstić information content (AvgIpc) is 3.24. The van der Waals surface area contributed by atoms with Gasteiger partial charge in [-0.2, -0.15) is 10.2 Å². The maximum atomic E-state index is 13.3. The van der Waals surface area contributed by atoms with E-state index in [9.17, 15) is 19.1 Å². The molecule has 6 N–H and O–H groups in total. The second-order valence-electron chi connectivity index (χ2n) is 12.7. The number of thiocarbonyl (C=S) groups is 2. The molecule has 15 heteroatoms. The first-order chi connectivity index (χ1) is 28.9. The van der Waals surface area contributed by atoms with Crippen LogP contribution in [0.25, 0.3) is 22.3 Å². The van der Waals surface area contributed by atoms with E-state index in [0.29, 0.717) is 22.7 Å². The van der Waals surface area contributed by atoms with Crippen LogP contribution in [0.15, 0.2) is 144 Å². The Hall–Kier alpha value is -7.49. The molecule has 6 aromatic rings. The second kappa shape index (κ2) is 20.8. The molecule has 0 aromatic heterocycles. The van der Waals surface area contributed by atoms with E-state index < -0.39 is 11.9 Å². The number of aryl methyl sites for hydroxylation is 1. The number of nitrogens with zero attached hydrogens (tertiary/aromatic N) is 3. The van der Waals surface area contributed by atoms with Crippen LogP contribution in [0.5, 0.6) is 11.5 Å². The molecule has 0 unspecified atom stereocenters. The van der Waals surface area contributed by atoms with Crippen LogP contribution in [0.2, 0.25) is 0 Å². The zero-order chi connectivity index (χ0) is 43.2. The molecular weight excluding hydrogens is 804 g/mol. The van der Waals surface area contributed by atoms with Crippen LogP contribution in [0.3, 0.4) is 0 Å². The predicted octanol–water partition coefficient (Wildman–Crippen LogP) is 8.97. The summed E-state index contributed by atoms with van der Waals surface area (Å²) in [7, 11) is 3.16. The Morgan fingerprint density at radius 3 is 1.78 bits per heavy atom. The van der Waals surface area contributed by atoms with Crippen molar-refractivity contribution in [1.29, 1.82) is 0 Å². The van der Waals surface area contributed by atoms with Crippen LogP contribution in [-0.4, -0.2) is 59.0 Å². The standard InChI is InChI=1S/C23H21N3O3S.C22H18FN3O3S/c1-15-6-8-16(9-7-15)20-5-3-4-18(21(20)29-2)14-24-26-23(30)25-19-12-10-17(11-13-19)22(27)28;1-29-20-16(5-3-7-19(20)14-8-10-17(23)11-9-14)13-25-26(22(24)30)18-6-2-4-15(12-18)21(27)28/h3-14H,1-2H3,(H,27,28)(H2,25,26,30);2-13H,1H3,(H2,24,30)(H,27,28). The van der Waals surface area contributed by atoms with E-state index in [4.69, 9.17) is 44.7 Å². The summed E-state index contributed by atoms with van der Waals surface area (Å²) in [4.78, 5) is 22.1. The van der Waals surface area contributed by atoms with Gasteiger partial charge in [0, 0.05) is 27.9 Å². The van der Waals surface area contributed by atoms with Gasteiger partial charge < -0.3 is 30.7 Å². The molecule has 0 radical (unpaired) electrons. The summed E-state index contributed by atoms with van der Waals surface area (Å²) >= 11 is 10.3. The quantitative estimate of drug-likeness (QED) is 0.0451. The lowest BCUT2D eigenvalue weighted by Crippen LogP contribution is -2.31. The van der Waals surface area contributed by atoms with E-state index in [1.807, 2.05) is 37.3 Å². The largest absolute Gasteiger partial charge is 0.495 e. The van der Waals surface area contributed by atoms with Gasteiger partial charge in [-0.3, -0.25) is 5.43 Å². The van der Waals surface area contributed by atoms with Crippen molar-refractivity contribution in [1.82, 2.24) is 5.43 Å². The number of methoxy groups -OCH3 is 2. The van der Waals surface area contributed by atoms with Crippen molar-refractivity contribution in [2.45, 2.75) is 6.92 Å². The van der Waals surface area contributed by atoms with Crippen LogP contribution in [0.1, 0.15) is 37.4 Å². The van der Waals surface area contributed by atoms with Crippen molar-refractivity contribution in [2.24, 2.45) is 15.9 Å². The van der Waals surface area contributed by atoms with Crippen molar-refractivity contribution in [3.8, 4) is 33.8 Å². The molecule has 0 saturated heterocycles. The minimum Gasteiger partial charge on any atom is -0.495 e. The molecule has 6 aromatic carbocycles. The van der Waals surface area contributed by atoms with E-state index in [0.717, 1.165) is 33.6 Å². The fourth-order valence-electron chi connectivity index (χ4n) is 5.74. The molecule has 0 aliphatic rings. The number of carboxylic acid groups (broad SMARTS) is 2. The fourth-order valence-corrected chi connectivity index (χ4v) is 6.07. The second-order valence-corrected chi connectivity index (χ2v) is 13.5. The number of hydrogen-bond donors (Lipinski definition) is 5. The summed E-state index contributed by atoms with van der Waals surface area (Å²) in [6.07, 6.45) is 3.15. The first-order valence-corrected chi connectivity index (χ1v) is 18.8. The van der Waals surface area contributed by atoms with Crippen LogP contribution in [-0.2, 0) is 0 Å². The van der Waals surface area contributed by atoms with Gasteiger partial charge in [0.25, 0.3) is 0 Å². The Bertz CT molecular complexity index is 2550. The SMILES string of the molecule is COc1c(C=NN(C(N)=S)c2cccc(C(=O)O)c2)cccc1-c1ccc(F)cc1.COc1c(C=NNC(=S)Nc2ccc(C(=O)O)cc2)cccc1-c1ccc(C)cc1. The first kappa shape index (κ1) is 43.6. The minimum atomic E-state index is -1.07. The predicted molar refractivity (Wildman–Crippen MR) is 242 cm³/mol. The van der Waals surface area contributed by atoms with Gasteiger partial charge in [-0.1, -0.05) is 72.3 Å². The molecule has 0 aliphatic carbocycles. The number of ether oxygens (including phenoxy) is 2. The minimum absolute atomic E-state index is 0.0533. The summed E-state index contributed by atoms with van der Waals surface area (Å²) in [5.41, 5.74) is 16.1. The number of carbonyl (C=O) groups is 2. The topological polar surface area (TPSA) is 171 Å². The van der Waals surface area contributed by atoms with Gasteiger partial charge in [-0.05, 0) is 109 Å². The Balaban J connectivity index is 0.000000228. The van der Waals surface area contributed by atoms with E-state index in [1.165, 1.54) is 60.3 Å². The Morgan fingerprint density at radius 2 is 1.25 bits per heavy atom. The number of halogens is 1. The highest BCUT2D eigenvalue weighted by molar-refractivity contribution is 7.80. The molecular formula is C45H39FN6O6S2. The highest BCUT2D eigenvalue weighted by Gasteiger charge is 2.14. The third-order valence-electron chi connectivity index (χ3n) is 8.64. The third-order valence-corrected chi connectivity index (χ3v) is 9.00. The number of carboxylic acids is 2. The van der Waals surface area contributed by atoms with Gasteiger partial charge in [0.05, 0.1) is 43.5 Å². The fraction of sp³-hybridized carbons (Fsp3) is 0.0667. The third kappa shape index (κ3) is 11.6. The van der Waals surface area contributed by atoms with Crippen LogP contribution >= 0.6 is 24.4 Å². The normalized spacial score (nSPS) is 10.7. The molecule has 0 saturated carbocycles. The molecule has 60 heavy (non-hydrogen) atoms. The smallest absolute Gasteiger partial charge is 0.335 e. The number of hydrazone groups is 2. The highest BCUT2D eigenvalue weighted by Crippen LogP contribution is 2.34. The molecule has 6 rings (SSSR count). The monoisotopic (exact) mass is 842 g/mol. The van der Waals surface area contributed by atoms with Crippen molar-refractivity contribution in [3.63, 3.8) is 0 Å². The Morgan fingerprint density at radius 1 is 0.717 bits per heavy atom. The maximum absolute atomic E-state index is 13.3. The van der Waals surface area contributed by atoms with Crippen LogP contribution in [0.4, 0.5) is 15.8 Å². The summed E-state index contributed by atoms with van der Waals surface area (Å²) in [5, 5.41) is 31.1. The lowest BCUT2D eigenvalue weighted by molar-refractivity contribution is 0.0686. The molecule has 0 aliphatic heterocycles. The molecule has 0 fully saturated rings. The number of aromatic carboxylic acids is 2. The van der Waals surface area contributed by atoms with Crippen LogP contribution < -0.4 is 31.0 Å². The summed E-state index contributed by atoms with van der Waals surface area (Å²) in [5.74, 6) is -1.12. The zero-order valence-electron chi connectivity index (χ0n) is 32.5. The number of nitrogens with one attached hydrogen (secondary N) is 2. The number of hydrogen-bond acceptors (Lipinski definition) is 8. The molecule has 0 atom stereocenters. The zero-order valence-corrected chi connectivity index (χ0v) is 34.1. The van der Waals surface area contributed by atoms with Crippen molar-refractivity contribution in [2.75, 3.05) is 24.5 Å². The van der Waals surface area contributed by atoms with Gasteiger partial charge in [0.15, 0.2) is 10.2 Å². The van der Waals surface area contributed by atoms with Crippen LogP contribution in [0, 0.1) is 12.7 Å². The van der Waals surface area contributed by atoms with Crippen molar-refractivity contribution >= 4 is 70.4 Å². The van der Waals surface area contributed by atoms with E-state index in [1.54, 1.807) is 55.8 Å². The summed E-state index contributed by atoms with van der Waals surface area (Å²) in [6.45, 7) is 2.05. The van der Waals surface area contributed by atoms with Gasteiger partial charge >= 0.3 is 11.9 Å². The Labute approximate surface area is 356 Å². The number of rotatable bonds is 12. The van der Waals surface area contributed by atoms with Gasteiger partial charge in [-0.25, -0.2) is 19.0 Å². The maximum Gasteiger partial charge on any atom is 0.335 e. The van der Waals surface area contributed by atoms with E-state index in [-0.39, 0.29) is 27.2 Å². The molecule has 0 bridgehead atoms. The number of anilines is 2. The molecule has 304 valence electrons. The van der Waals surface area contributed by atoms with E-state index in [2.05, 4.69) is 45.2 Å². The van der Waals surface area contributed by atoms with Gasteiger partial charge in [0.2, 0.25) is 0 Å². The molecule has 12 nitrogen and oxygen atoms in total. The summed E-state index contributed by atoms with van der Waals surface area (Å²) < 4.78 is 24.5. The van der Waals surface area contributed by atoms with E-state index >= 15 is 0 Å². The number of para-hydroxylation sites is 2. The number of nitrogens with two attached hydrogens (primary N) is 1. The summed E-state index contributed by atoms with van der Waals surface area (Å²) in [6, 6.07) is 38.0. The average molecular weight is 843 g/mol. The molecule has 0 amide bonds. The number of benzene rings is 6. The lowest BCUT2D eigenvalue weighted by Gasteiger charge is -2.18. The Kier molecular flexibility index (Phi) is 15.1. The van der Waals surface area contributed by atoms with Crippen molar-refractivity contribution in [3.05, 3.63) is 167 Å². The van der Waals surface area contributed by atoms with Gasteiger partial charge in [0.1, 0.15) is 17.3 Å². The first-order valence-electron chi connectivity index (χ1n) is 18.0. The molecule has 0 heterocycles. The van der Waals surface area contributed by atoms with Gasteiger partial charge in [-0.15, -0.1) is 0 Å². The van der Waals surface area contributed by atoms with Crippen molar-refractivity contribution < 1.29 is 33.7 Å². The molecule has 0 spiro atoms. The lowest BCUT2D eigenvalue weighted by atomic mass is 10.0. The highest BCUT2D eigenvalue weighted by atomic mass is 32.1.